The first-order valence-electron chi connectivity index (χ1n) is 3.22. The molecular weight excluding hydrogens is 100 g/mol. The highest BCUT2D eigenvalue weighted by Crippen LogP contribution is 2.00. The lowest BCUT2D eigenvalue weighted by atomic mass is 10.2. The van der Waals surface area contributed by atoms with Crippen molar-refractivity contribution in [3.63, 3.8) is 0 Å². The van der Waals surface area contributed by atoms with Gasteiger partial charge in [-0.3, -0.25) is 10.6 Å². The average molecular weight is 114 g/mol. The molecule has 0 spiro atoms. The van der Waals surface area contributed by atoms with Gasteiger partial charge in [0.25, 0.3) is 0 Å². The zero-order valence-electron chi connectivity index (χ0n) is 5.73. The summed E-state index contributed by atoms with van der Waals surface area (Å²) in [5.74, 6) is 0. The second kappa shape index (κ2) is 2.03. The lowest BCUT2D eigenvalue weighted by molar-refractivity contribution is 0.575. The molecule has 2 nitrogen and oxygen atoms in total. The van der Waals surface area contributed by atoms with Gasteiger partial charge in [0.1, 0.15) is 0 Å². The molecule has 0 aromatic carbocycles. The predicted molar refractivity (Wildman–Crippen MR) is 34.7 cm³/mol. The maximum atomic E-state index is 3.36. The standard InChI is InChI=1S/C6H14N2/c1-4-5(2)8-6(3)7-4/h4-8H,1-3H3/t4-,5?,6?/m1/s1. The third-order valence-electron chi connectivity index (χ3n) is 1.78. The maximum absolute atomic E-state index is 3.36. The molecule has 8 heavy (non-hydrogen) atoms. The van der Waals surface area contributed by atoms with E-state index in [0.717, 1.165) is 0 Å². The third-order valence-corrected chi connectivity index (χ3v) is 1.78. The van der Waals surface area contributed by atoms with Gasteiger partial charge in [-0.25, -0.2) is 0 Å². The van der Waals surface area contributed by atoms with Crippen LogP contribution in [0.2, 0.25) is 0 Å². The Balaban J connectivity index is 2.39. The van der Waals surface area contributed by atoms with Crippen LogP contribution in [0.3, 0.4) is 0 Å². The Kier molecular flexibility index (Phi) is 1.54. The Bertz CT molecular complexity index is 72.6. The van der Waals surface area contributed by atoms with Gasteiger partial charge in [0.2, 0.25) is 0 Å². The van der Waals surface area contributed by atoms with Crippen LogP contribution in [0, 0.1) is 0 Å². The van der Waals surface area contributed by atoms with Crippen LogP contribution in [-0.4, -0.2) is 18.2 Å². The van der Waals surface area contributed by atoms with Crippen molar-refractivity contribution >= 4 is 0 Å². The van der Waals surface area contributed by atoms with E-state index in [1.165, 1.54) is 0 Å². The molecule has 2 N–H and O–H groups in total. The highest BCUT2D eigenvalue weighted by atomic mass is 15.2. The van der Waals surface area contributed by atoms with Crippen LogP contribution in [0.4, 0.5) is 0 Å². The average Bonchev–Trinajstić information content (AvgIpc) is 1.85. The minimum Gasteiger partial charge on any atom is -0.298 e. The molecule has 48 valence electrons. The summed E-state index contributed by atoms with van der Waals surface area (Å²) in [5.41, 5.74) is 0. The fraction of sp³-hybridized carbons (Fsp3) is 1.00. The summed E-state index contributed by atoms with van der Waals surface area (Å²) in [6.45, 7) is 6.53. The van der Waals surface area contributed by atoms with Crippen LogP contribution in [0.1, 0.15) is 20.8 Å². The lowest BCUT2D eigenvalue weighted by Gasteiger charge is -2.05. The van der Waals surface area contributed by atoms with Crippen LogP contribution >= 0.6 is 0 Å². The van der Waals surface area contributed by atoms with Crippen molar-refractivity contribution in [3.05, 3.63) is 0 Å². The van der Waals surface area contributed by atoms with Crippen molar-refractivity contribution in [2.45, 2.75) is 39.0 Å². The van der Waals surface area contributed by atoms with Crippen LogP contribution in [-0.2, 0) is 0 Å². The minimum atomic E-state index is 0.500. The minimum absolute atomic E-state index is 0.500. The molecule has 0 amide bonds. The fourth-order valence-electron chi connectivity index (χ4n) is 1.13. The van der Waals surface area contributed by atoms with Gasteiger partial charge in [-0.15, -0.1) is 0 Å². The lowest BCUT2D eigenvalue weighted by Crippen LogP contribution is -2.28. The van der Waals surface area contributed by atoms with E-state index in [9.17, 15) is 0 Å². The summed E-state index contributed by atoms with van der Waals surface area (Å²) in [7, 11) is 0. The molecule has 2 heteroatoms. The Morgan fingerprint density at radius 2 is 1.25 bits per heavy atom. The molecule has 2 unspecified atom stereocenters. The van der Waals surface area contributed by atoms with Gasteiger partial charge in [-0.05, 0) is 20.8 Å². The predicted octanol–water partition coefficient (Wildman–Crippen LogP) is 0.302. The molecule has 1 fully saturated rings. The van der Waals surface area contributed by atoms with Crippen molar-refractivity contribution in [1.29, 1.82) is 0 Å². The van der Waals surface area contributed by atoms with E-state index < -0.39 is 0 Å². The van der Waals surface area contributed by atoms with Gasteiger partial charge in [0, 0.05) is 12.1 Å². The van der Waals surface area contributed by atoms with Gasteiger partial charge in [-0.1, -0.05) is 0 Å². The van der Waals surface area contributed by atoms with Crippen LogP contribution in [0.15, 0.2) is 0 Å². The monoisotopic (exact) mass is 114 g/mol. The number of hydrogen-bond donors (Lipinski definition) is 2. The van der Waals surface area contributed by atoms with E-state index in [2.05, 4.69) is 31.4 Å². The van der Waals surface area contributed by atoms with Crippen LogP contribution in [0.5, 0.6) is 0 Å². The summed E-state index contributed by atoms with van der Waals surface area (Å²) < 4.78 is 0. The molecule has 1 saturated heterocycles. The van der Waals surface area contributed by atoms with E-state index in [-0.39, 0.29) is 0 Å². The van der Waals surface area contributed by atoms with E-state index in [4.69, 9.17) is 0 Å². The summed E-state index contributed by atoms with van der Waals surface area (Å²) in [6, 6.07) is 1.26. The Morgan fingerprint density at radius 1 is 0.875 bits per heavy atom. The Labute approximate surface area is 50.7 Å². The molecule has 0 saturated carbocycles. The molecule has 1 rings (SSSR count). The van der Waals surface area contributed by atoms with E-state index in [0.29, 0.717) is 18.2 Å². The van der Waals surface area contributed by atoms with Crippen LogP contribution in [0.25, 0.3) is 0 Å². The quantitative estimate of drug-likeness (QED) is 0.473. The van der Waals surface area contributed by atoms with Gasteiger partial charge in [0.15, 0.2) is 0 Å². The molecule has 0 bridgehead atoms. The van der Waals surface area contributed by atoms with Gasteiger partial charge < -0.3 is 0 Å². The summed E-state index contributed by atoms with van der Waals surface area (Å²) in [4.78, 5) is 0. The summed E-state index contributed by atoms with van der Waals surface area (Å²) in [6.07, 6.45) is 0.500. The number of rotatable bonds is 0. The van der Waals surface area contributed by atoms with Crippen LogP contribution < -0.4 is 10.6 Å². The number of hydrogen-bond acceptors (Lipinski definition) is 2. The van der Waals surface area contributed by atoms with Crippen molar-refractivity contribution in [1.82, 2.24) is 10.6 Å². The molecule has 0 aliphatic carbocycles. The van der Waals surface area contributed by atoms with E-state index >= 15 is 0 Å². The molecule has 1 heterocycles. The van der Waals surface area contributed by atoms with Crippen molar-refractivity contribution in [2.75, 3.05) is 0 Å². The smallest absolute Gasteiger partial charge is 0.0547 e. The maximum Gasteiger partial charge on any atom is 0.0547 e. The van der Waals surface area contributed by atoms with E-state index in [1.807, 2.05) is 0 Å². The summed E-state index contributed by atoms with van der Waals surface area (Å²) >= 11 is 0. The Hall–Kier alpha value is -0.0800. The molecule has 0 aromatic heterocycles. The van der Waals surface area contributed by atoms with Crippen molar-refractivity contribution in [2.24, 2.45) is 0 Å². The molecule has 3 atom stereocenters. The topological polar surface area (TPSA) is 24.1 Å². The highest BCUT2D eigenvalue weighted by molar-refractivity contribution is 4.84. The zero-order valence-corrected chi connectivity index (χ0v) is 5.73. The number of nitrogens with one attached hydrogen (secondary N) is 2. The first-order valence-corrected chi connectivity index (χ1v) is 3.22. The molecular formula is C6H14N2. The largest absolute Gasteiger partial charge is 0.298 e. The molecule has 1 aliphatic rings. The molecule has 0 radical (unpaired) electrons. The Morgan fingerprint density at radius 3 is 1.38 bits per heavy atom. The van der Waals surface area contributed by atoms with Gasteiger partial charge in [-0.2, -0.15) is 0 Å². The SMILES string of the molecule is CC1NC(C)[C@@H](C)N1. The fourth-order valence-corrected chi connectivity index (χ4v) is 1.13. The third kappa shape index (κ3) is 1.01. The van der Waals surface area contributed by atoms with E-state index in [1.54, 1.807) is 0 Å². The van der Waals surface area contributed by atoms with Gasteiger partial charge >= 0.3 is 0 Å². The second-order valence-corrected chi connectivity index (χ2v) is 2.63. The first-order chi connectivity index (χ1) is 3.70. The van der Waals surface area contributed by atoms with Gasteiger partial charge in [0.05, 0.1) is 6.17 Å². The normalized spacial score (nSPS) is 47.6. The molecule has 1 aliphatic heterocycles. The second-order valence-electron chi connectivity index (χ2n) is 2.63. The zero-order chi connectivity index (χ0) is 6.15. The first kappa shape index (κ1) is 6.05. The van der Waals surface area contributed by atoms with Crippen molar-refractivity contribution < 1.29 is 0 Å². The highest BCUT2D eigenvalue weighted by Gasteiger charge is 2.21. The van der Waals surface area contributed by atoms with Crippen molar-refractivity contribution in [3.8, 4) is 0 Å². The molecule has 0 aromatic rings. The summed E-state index contributed by atoms with van der Waals surface area (Å²) in [5, 5.41) is 6.71.